The number of hydrogen-bond acceptors (Lipinski definition) is 9. The van der Waals surface area contributed by atoms with Crippen LogP contribution < -0.4 is 14.8 Å². The molecule has 0 aromatic heterocycles. The molecule has 208 valence electrons. The van der Waals surface area contributed by atoms with Gasteiger partial charge in [0.2, 0.25) is 0 Å². The largest absolute Gasteiger partial charge is 0.468 e. The molecule has 0 saturated heterocycles. The summed E-state index contributed by atoms with van der Waals surface area (Å²) in [6.45, 7) is 11.7. The number of nitrogens with one attached hydrogen (secondary N) is 1. The zero-order valence-electron chi connectivity index (χ0n) is 23.3. The maximum absolute atomic E-state index is 12.5. The van der Waals surface area contributed by atoms with E-state index in [4.69, 9.17) is 18.9 Å². The summed E-state index contributed by atoms with van der Waals surface area (Å²) in [6, 6.07) is 4.11. The van der Waals surface area contributed by atoms with Crippen molar-refractivity contribution in [1.82, 2.24) is 5.32 Å². The van der Waals surface area contributed by atoms with Crippen LogP contribution in [0.3, 0.4) is 0 Å². The second kappa shape index (κ2) is 16.7. The molecule has 9 nitrogen and oxygen atoms in total. The standard InChI is InChI=1S/C28H43NO8/c1-8-19(5)26(31)36-23-12-11-21(17-24(23)37-27(32)20(6)9-2)16-22(28(33)34-7)29-14-15-35-25(30)13-10-18(3)4/h11-12,17-20,22,29H,8-10,13-16H2,1-7H3/t19?,20?,22-/m0/s1. The summed E-state index contributed by atoms with van der Waals surface area (Å²) < 4.78 is 21.2. The maximum Gasteiger partial charge on any atom is 0.323 e. The van der Waals surface area contributed by atoms with Gasteiger partial charge in [0.25, 0.3) is 0 Å². The Labute approximate surface area is 220 Å². The SMILES string of the molecule is CCC(C)C(=O)Oc1ccc(C[C@H](NCCOC(=O)CCC(C)C)C(=O)OC)cc1OC(=O)C(C)CC. The third kappa shape index (κ3) is 11.8. The van der Waals surface area contributed by atoms with Gasteiger partial charge in [-0.15, -0.1) is 0 Å². The number of carbonyl (C=O) groups excluding carboxylic acids is 4. The van der Waals surface area contributed by atoms with Crippen LogP contribution in [-0.2, 0) is 35.1 Å². The lowest BCUT2D eigenvalue weighted by atomic mass is 10.0. The molecule has 0 amide bonds. The second-order valence-corrected chi connectivity index (χ2v) is 9.63. The van der Waals surface area contributed by atoms with Gasteiger partial charge >= 0.3 is 23.9 Å². The molecule has 1 N–H and O–H groups in total. The van der Waals surface area contributed by atoms with Gasteiger partial charge in [0.15, 0.2) is 11.5 Å². The van der Waals surface area contributed by atoms with Crippen molar-refractivity contribution in [3.05, 3.63) is 23.8 Å². The van der Waals surface area contributed by atoms with Crippen LogP contribution in [0, 0.1) is 17.8 Å². The van der Waals surface area contributed by atoms with Crippen molar-refractivity contribution in [2.45, 2.75) is 79.7 Å². The summed E-state index contributed by atoms with van der Waals surface area (Å²) in [5, 5.41) is 3.05. The Morgan fingerprint density at radius 2 is 1.46 bits per heavy atom. The highest BCUT2D eigenvalue weighted by molar-refractivity contribution is 5.79. The van der Waals surface area contributed by atoms with Gasteiger partial charge in [0, 0.05) is 13.0 Å². The predicted molar refractivity (Wildman–Crippen MR) is 139 cm³/mol. The zero-order valence-corrected chi connectivity index (χ0v) is 23.3. The lowest BCUT2D eigenvalue weighted by Crippen LogP contribution is -2.41. The summed E-state index contributed by atoms with van der Waals surface area (Å²) in [4.78, 5) is 49.0. The molecule has 0 saturated carbocycles. The third-order valence-electron chi connectivity index (χ3n) is 6.07. The summed E-state index contributed by atoms with van der Waals surface area (Å²) in [5.74, 6) is -1.62. The van der Waals surface area contributed by atoms with Crippen molar-refractivity contribution in [1.29, 1.82) is 0 Å². The molecule has 3 atom stereocenters. The van der Waals surface area contributed by atoms with Crippen LogP contribution in [0.1, 0.15) is 72.8 Å². The fourth-order valence-electron chi connectivity index (χ4n) is 3.09. The first kappa shape index (κ1) is 32.1. The van der Waals surface area contributed by atoms with Crippen LogP contribution in [0.15, 0.2) is 18.2 Å². The van der Waals surface area contributed by atoms with Crippen LogP contribution in [0.5, 0.6) is 11.5 Å². The molecule has 0 aliphatic carbocycles. The number of hydrogen-bond donors (Lipinski definition) is 1. The first-order chi connectivity index (χ1) is 17.5. The van der Waals surface area contributed by atoms with Crippen LogP contribution in [0.25, 0.3) is 0 Å². The molecule has 0 aliphatic rings. The maximum atomic E-state index is 12.5. The van der Waals surface area contributed by atoms with Gasteiger partial charge < -0.3 is 24.3 Å². The normalized spacial score (nSPS) is 13.4. The van der Waals surface area contributed by atoms with Crippen LogP contribution in [0.2, 0.25) is 0 Å². The van der Waals surface area contributed by atoms with E-state index in [9.17, 15) is 19.2 Å². The quantitative estimate of drug-likeness (QED) is 0.194. The number of carbonyl (C=O) groups is 4. The lowest BCUT2D eigenvalue weighted by molar-refractivity contribution is -0.144. The number of rotatable bonds is 16. The van der Waals surface area contributed by atoms with Crippen LogP contribution in [0.4, 0.5) is 0 Å². The smallest absolute Gasteiger partial charge is 0.323 e. The Bertz CT molecular complexity index is 898. The molecule has 9 heteroatoms. The van der Waals surface area contributed by atoms with Gasteiger partial charge in [-0.1, -0.05) is 47.6 Å². The van der Waals surface area contributed by atoms with Crippen molar-refractivity contribution >= 4 is 23.9 Å². The van der Waals surface area contributed by atoms with E-state index < -0.39 is 23.9 Å². The summed E-state index contributed by atoms with van der Waals surface area (Å²) in [7, 11) is 1.29. The Morgan fingerprint density at radius 1 is 0.865 bits per heavy atom. The number of ether oxygens (including phenoxy) is 4. The highest BCUT2D eigenvalue weighted by Crippen LogP contribution is 2.31. The fraction of sp³-hybridized carbons (Fsp3) is 0.643. The van der Waals surface area contributed by atoms with Crippen molar-refractivity contribution in [2.75, 3.05) is 20.3 Å². The minimum Gasteiger partial charge on any atom is -0.468 e. The topological polar surface area (TPSA) is 117 Å². The van der Waals surface area contributed by atoms with E-state index in [-0.39, 0.29) is 48.9 Å². The summed E-state index contributed by atoms with van der Waals surface area (Å²) in [5.41, 5.74) is 0.659. The molecule has 0 heterocycles. The Kier molecular flexibility index (Phi) is 14.5. The molecule has 1 aromatic carbocycles. The average molecular weight is 522 g/mol. The van der Waals surface area contributed by atoms with E-state index >= 15 is 0 Å². The third-order valence-corrected chi connectivity index (χ3v) is 6.07. The van der Waals surface area contributed by atoms with E-state index in [0.717, 1.165) is 6.42 Å². The molecule has 0 fully saturated rings. The number of benzene rings is 1. The molecule has 1 rings (SSSR count). The average Bonchev–Trinajstić information content (AvgIpc) is 2.88. The molecule has 37 heavy (non-hydrogen) atoms. The van der Waals surface area contributed by atoms with Crippen molar-refractivity contribution in [3.63, 3.8) is 0 Å². The van der Waals surface area contributed by atoms with Gasteiger partial charge in [-0.3, -0.25) is 19.2 Å². The van der Waals surface area contributed by atoms with Crippen molar-refractivity contribution in [2.24, 2.45) is 17.8 Å². The molecule has 0 spiro atoms. The number of esters is 4. The van der Waals surface area contributed by atoms with E-state index in [0.29, 0.717) is 30.7 Å². The van der Waals surface area contributed by atoms with Gasteiger partial charge in [-0.05, 0) is 49.3 Å². The first-order valence-electron chi connectivity index (χ1n) is 13.0. The van der Waals surface area contributed by atoms with E-state index in [1.54, 1.807) is 32.0 Å². The molecule has 0 aliphatic heterocycles. The van der Waals surface area contributed by atoms with Crippen molar-refractivity contribution < 1.29 is 38.1 Å². The predicted octanol–water partition coefficient (Wildman–Crippen LogP) is 4.24. The lowest BCUT2D eigenvalue weighted by Gasteiger charge is -2.19. The first-order valence-corrected chi connectivity index (χ1v) is 13.0. The van der Waals surface area contributed by atoms with E-state index in [2.05, 4.69) is 5.32 Å². The van der Waals surface area contributed by atoms with Gasteiger partial charge in [-0.2, -0.15) is 0 Å². The molecular formula is C28H43NO8. The number of methoxy groups -OCH3 is 1. The van der Waals surface area contributed by atoms with E-state index in [1.807, 2.05) is 27.7 Å². The molecule has 2 unspecified atom stereocenters. The van der Waals surface area contributed by atoms with E-state index in [1.165, 1.54) is 7.11 Å². The molecule has 0 bridgehead atoms. The fourth-order valence-corrected chi connectivity index (χ4v) is 3.09. The Morgan fingerprint density at radius 3 is 2.00 bits per heavy atom. The Balaban J connectivity index is 2.98. The summed E-state index contributed by atoms with van der Waals surface area (Å²) >= 11 is 0. The molecule has 1 aromatic rings. The second-order valence-electron chi connectivity index (χ2n) is 9.63. The minimum atomic E-state index is -0.731. The monoisotopic (exact) mass is 521 g/mol. The molecular weight excluding hydrogens is 478 g/mol. The highest BCUT2D eigenvalue weighted by Gasteiger charge is 2.23. The minimum absolute atomic E-state index is 0.113. The Hall–Kier alpha value is -2.94. The van der Waals surface area contributed by atoms with Gasteiger partial charge in [0.05, 0.1) is 18.9 Å². The van der Waals surface area contributed by atoms with Crippen molar-refractivity contribution in [3.8, 4) is 11.5 Å². The summed E-state index contributed by atoms with van der Waals surface area (Å²) in [6.07, 6.45) is 2.52. The van der Waals surface area contributed by atoms with Gasteiger partial charge in [-0.25, -0.2) is 0 Å². The molecule has 0 radical (unpaired) electrons. The zero-order chi connectivity index (χ0) is 28.0. The van der Waals surface area contributed by atoms with Crippen LogP contribution in [-0.4, -0.2) is 50.2 Å². The van der Waals surface area contributed by atoms with Crippen LogP contribution >= 0.6 is 0 Å². The highest BCUT2D eigenvalue weighted by atomic mass is 16.6. The van der Waals surface area contributed by atoms with Gasteiger partial charge in [0.1, 0.15) is 12.6 Å².